The van der Waals surface area contributed by atoms with Crippen LogP contribution in [0.3, 0.4) is 0 Å². The Bertz CT molecular complexity index is 1260. The average molecular weight is 439 g/mol. The number of fused-ring (bicyclic) bond motifs is 1. The quantitative estimate of drug-likeness (QED) is 0.218. The Balaban J connectivity index is 1.82. The number of nitrogens with zero attached hydrogens (tertiary/aromatic N) is 4. The van der Waals surface area contributed by atoms with Crippen LogP contribution >= 0.6 is 23.1 Å². The standard InChI is InChI=1S/C22H22N4O2S2/c1-5-12-26-21(27)17-13(3)18(15-10-8-7-9-11-15)30-20(17)24-22(26)29-14(4)19-23-16(6-2)25-28-19/h5,7-11,14H,1,6,12H2,2-4H3. The van der Waals surface area contributed by atoms with Crippen LogP contribution in [0.2, 0.25) is 0 Å². The van der Waals surface area contributed by atoms with E-state index in [-0.39, 0.29) is 10.8 Å². The molecular formula is C22H22N4O2S2. The molecule has 0 fully saturated rings. The zero-order chi connectivity index (χ0) is 21.3. The first kappa shape index (κ1) is 20.6. The molecule has 0 amide bonds. The normalized spacial score (nSPS) is 12.4. The minimum Gasteiger partial charge on any atom is -0.338 e. The highest BCUT2D eigenvalue weighted by atomic mass is 32.2. The van der Waals surface area contributed by atoms with Crippen molar-refractivity contribution in [2.75, 3.05) is 0 Å². The van der Waals surface area contributed by atoms with E-state index in [4.69, 9.17) is 9.51 Å². The first-order chi connectivity index (χ1) is 14.5. The maximum Gasteiger partial charge on any atom is 0.263 e. The van der Waals surface area contributed by atoms with Gasteiger partial charge in [-0.25, -0.2) is 4.98 Å². The Morgan fingerprint density at radius 1 is 1.30 bits per heavy atom. The highest BCUT2D eigenvalue weighted by Crippen LogP contribution is 2.38. The molecule has 3 aromatic heterocycles. The molecule has 1 unspecified atom stereocenters. The summed E-state index contributed by atoms with van der Waals surface area (Å²) in [5, 5.41) is 5.13. The number of benzene rings is 1. The summed E-state index contributed by atoms with van der Waals surface area (Å²) in [5.41, 5.74) is 2.00. The Hall–Kier alpha value is -2.71. The number of aryl methyl sites for hydroxylation is 2. The molecule has 0 N–H and O–H groups in total. The van der Waals surface area contributed by atoms with Crippen molar-refractivity contribution >= 4 is 33.3 Å². The molecule has 0 aliphatic rings. The summed E-state index contributed by atoms with van der Waals surface area (Å²) in [6.07, 6.45) is 2.42. The summed E-state index contributed by atoms with van der Waals surface area (Å²) < 4.78 is 7.04. The maximum atomic E-state index is 13.4. The molecular weight excluding hydrogens is 416 g/mol. The van der Waals surface area contributed by atoms with Crippen LogP contribution < -0.4 is 5.56 Å². The Labute approximate surface area is 182 Å². The van der Waals surface area contributed by atoms with Gasteiger partial charge in [0.05, 0.1) is 10.6 Å². The van der Waals surface area contributed by atoms with Gasteiger partial charge in [-0.05, 0) is 25.0 Å². The second kappa shape index (κ2) is 8.57. The van der Waals surface area contributed by atoms with Crippen LogP contribution in [0.5, 0.6) is 0 Å². The number of hydrogen-bond donors (Lipinski definition) is 0. The molecule has 1 atom stereocenters. The Kier molecular flexibility index (Phi) is 5.87. The van der Waals surface area contributed by atoms with Crippen LogP contribution in [0.15, 0.2) is 57.5 Å². The fourth-order valence-corrected chi connectivity index (χ4v) is 5.40. The molecule has 0 aliphatic heterocycles. The third kappa shape index (κ3) is 3.73. The van der Waals surface area contributed by atoms with Gasteiger partial charge in [-0.3, -0.25) is 9.36 Å². The van der Waals surface area contributed by atoms with Crippen molar-refractivity contribution < 1.29 is 4.52 Å². The van der Waals surface area contributed by atoms with Crippen molar-refractivity contribution in [1.82, 2.24) is 19.7 Å². The van der Waals surface area contributed by atoms with Gasteiger partial charge in [0, 0.05) is 17.8 Å². The largest absolute Gasteiger partial charge is 0.338 e. The molecule has 0 bridgehead atoms. The minimum absolute atomic E-state index is 0.0506. The molecule has 4 rings (SSSR count). The zero-order valence-corrected chi connectivity index (χ0v) is 18.7. The summed E-state index contributed by atoms with van der Waals surface area (Å²) in [5.74, 6) is 1.20. The minimum atomic E-state index is -0.132. The van der Waals surface area contributed by atoms with Gasteiger partial charge < -0.3 is 4.52 Å². The topological polar surface area (TPSA) is 73.8 Å². The van der Waals surface area contributed by atoms with Crippen LogP contribution in [0, 0.1) is 6.92 Å². The first-order valence-electron chi connectivity index (χ1n) is 9.72. The van der Waals surface area contributed by atoms with Gasteiger partial charge in [-0.1, -0.05) is 60.3 Å². The lowest BCUT2D eigenvalue weighted by Gasteiger charge is -2.12. The highest BCUT2D eigenvalue weighted by molar-refractivity contribution is 7.99. The van der Waals surface area contributed by atoms with Gasteiger partial charge in [0.15, 0.2) is 11.0 Å². The van der Waals surface area contributed by atoms with Crippen LogP contribution in [-0.4, -0.2) is 19.7 Å². The maximum absolute atomic E-state index is 13.4. The lowest BCUT2D eigenvalue weighted by molar-refractivity contribution is 0.375. The van der Waals surface area contributed by atoms with E-state index in [1.54, 1.807) is 22.0 Å². The highest BCUT2D eigenvalue weighted by Gasteiger charge is 2.22. The second-order valence-corrected chi connectivity index (χ2v) is 9.17. The van der Waals surface area contributed by atoms with E-state index in [9.17, 15) is 4.79 Å². The number of thiophene rings is 1. The lowest BCUT2D eigenvalue weighted by Crippen LogP contribution is -2.22. The molecule has 3 heterocycles. The van der Waals surface area contributed by atoms with E-state index >= 15 is 0 Å². The van der Waals surface area contributed by atoms with E-state index in [2.05, 4.69) is 28.9 Å². The van der Waals surface area contributed by atoms with Crippen molar-refractivity contribution in [2.45, 2.75) is 44.1 Å². The van der Waals surface area contributed by atoms with Gasteiger partial charge in [-0.15, -0.1) is 17.9 Å². The summed E-state index contributed by atoms with van der Waals surface area (Å²) in [4.78, 5) is 24.5. The summed E-state index contributed by atoms with van der Waals surface area (Å²) in [7, 11) is 0. The van der Waals surface area contributed by atoms with Crippen molar-refractivity contribution in [3.8, 4) is 10.4 Å². The fourth-order valence-electron chi connectivity index (χ4n) is 3.23. The van der Waals surface area contributed by atoms with Crippen LogP contribution in [0.4, 0.5) is 0 Å². The van der Waals surface area contributed by atoms with Gasteiger partial charge in [0.1, 0.15) is 4.83 Å². The predicted molar refractivity (Wildman–Crippen MR) is 122 cm³/mol. The number of hydrogen-bond acceptors (Lipinski definition) is 7. The molecule has 0 saturated carbocycles. The van der Waals surface area contributed by atoms with Gasteiger partial charge >= 0.3 is 0 Å². The molecule has 0 aliphatic carbocycles. The molecule has 0 radical (unpaired) electrons. The number of rotatable bonds is 7. The van der Waals surface area contributed by atoms with E-state index in [0.717, 1.165) is 20.8 Å². The van der Waals surface area contributed by atoms with Crippen molar-refractivity contribution in [2.24, 2.45) is 0 Å². The molecule has 154 valence electrons. The molecule has 4 aromatic rings. The Morgan fingerprint density at radius 3 is 2.73 bits per heavy atom. The van der Waals surface area contributed by atoms with Gasteiger partial charge in [-0.2, -0.15) is 4.98 Å². The monoisotopic (exact) mass is 438 g/mol. The molecule has 6 nitrogen and oxygen atoms in total. The van der Waals surface area contributed by atoms with E-state index in [1.807, 2.05) is 39.0 Å². The van der Waals surface area contributed by atoms with Crippen molar-refractivity contribution in [3.05, 3.63) is 70.6 Å². The van der Waals surface area contributed by atoms with E-state index < -0.39 is 0 Å². The smallest absolute Gasteiger partial charge is 0.263 e. The first-order valence-corrected chi connectivity index (χ1v) is 11.4. The SMILES string of the molecule is C=CCn1c(SC(C)c2nc(CC)no2)nc2sc(-c3ccccc3)c(C)c2c1=O. The Morgan fingerprint density at radius 2 is 2.07 bits per heavy atom. The van der Waals surface area contributed by atoms with Crippen LogP contribution in [0.25, 0.3) is 20.7 Å². The zero-order valence-electron chi connectivity index (χ0n) is 17.1. The fraction of sp³-hybridized carbons (Fsp3) is 0.273. The third-order valence-electron chi connectivity index (χ3n) is 4.79. The molecule has 8 heteroatoms. The molecule has 30 heavy (non-hydrogen) atoms. The average Bonchev–Trinajstić information content (AvgIpc) is 3.36. The number of thioether (sulfide) groups is 1. The van der Waals surface area contributed by atoms with E-state index in [0.29, 0.717) is 35.2 Å². The van der Waals surface area contributed by atoms with Crippen molar-refractivity contribution in [3.63, 3.8) is 0 Å². The van der Waals surface area contributed by atoms with Crippen LogP contribution in [0.1, 0.15) is 36.4 Å². The van der Waals surface area contributed by atoms with Crippen molar-refractivity contribution in [1.29, 1.82) is 0 Å². The molecule has 0 saturated heterocycles. The summed E-state index contributed by atoms with van der Waals surface area (Å²) in [6, 6.07) is 10.1. The lowest BCUT2D eigenvalue weighted by atomic mass is 10.1. The molecule has 1 aromatic carbocycles. The van der Waals surface area contributed by atoms with Gasteiger partial charge in [0.2, 0.25) is 5.89 Å². The van der Waals surface area contributed by atoms with Gasteiger partial charge in [0.25, 0.3) is 5.56 Å². The third-order valence-corrected chi connectivity index (χ3v) is 7.11. The molecule has 0 spiro atoms. The van der Waals surface area contributed by atoms with Crippen LogP contribution in [-0.2, 0) is 13.0 Å². The summed E-state index contributed by atoms with van der Waals surface area (Å²) in [6.45, 7) is 10.1. The van der Waals surface area contributed by atoms with E-state index in [1.165, 1.54) is 11.8 Å². The number of aromatic nitrogens is 4. The second-order valence-electron chi connectivity index (χ2n) is 6.86. The number of allylic oxidation sites excluding steroid dienone is 1. The summed E-state index contributed by atoms with van der Waals surface area (Å²) >= 11 is 2.99. The predicted octanol–water partition coefficient (Wildman–Crippen LogP) is 5.42.